The first-order chi connectivity index (χ1) is 11.8. The van der Waals surface area contributed by atoms with Crippen molar-refractivity contribution in [3.05, 3.63) is 56.5 Å². The largest absolute Gasteiger partial charge is 0.480 e. The van der Waals surface area contributed by atoms with E-state index in [1.807, 2.05) is 0 Å². The van der Waals surface area contributed by atoms with E-state index in [2.05, 4.69) is 5.32 Å². The van der Waals surface area contributed by atoms with Crippen LogP contribution in [0.2, 0.25) is 20.1 Å². The maximum atomic E-state index is 11.8. The number of carbonyl (C=O) groups is 2. The summed E-state index contributed by atoms with van der Waals surface area (Å²) in [6.45, 7) is -0.897. The van der Waals surface area contributed by atoms with E-state index in [4.69, 9.17) is 55.9 Å². The van der Waals surface area contributed by atoms with Gasteiger partial charge in [-0.1, -0.05) is 46.4 Å². The summed E-state index contributed by atoms with van der Waals surface area (Å²) in [5, 5.41) is 3.91. The first-order valence-electron chi connectivity index (χ1n) is 6.83. The van der Waals surface area contributed by atoms with Crippen LogP contribution in [0.5, 0.6) is 5.75 Å². The summed E-state index contributed by atoms with van der Waals surface area (Å²) >= 11 is 23.4. The fourth-order valence-corrected chi connectivity index (χ4v) is 2.61. The van der Waals surface area contributed by atoms with E-state index in [9.17, 15) is 9.59 Å². The van der Waals surface area contributed by atoms with Crippen molar-refractivity contribution in [2.75, 3.05) is 18.5 Å². The molecule has 0 spiro atoms. The van der Waals surface area contributed by atoms with E-state index in [1.54, 1.807) is 12.1 Å². The third-order valence-electron chi connectivity index (χ3n) is 2.81. The Morgan fingerprint density at radius 1 is 0.880 bits per heavy atom. The second kappa shape index (κ2) is 9.15. The minimum atomic E-state index is -0.733. The topological polar surface area (TPSA) is 64.6 Å². The first-order valence-corrected chi connectivity index (χ1v) is 8.34. The molecule has 0 aliphatic rings. The molecule has 9 heteroatoms. The highest BCUT2D eigenvalue weighted by molar-refractivity contribution is 6.37. The number of benzene rings is 2. The van der Waals surface area contributed by atoms with Gasteiger partial charge < -0.3 is 14.8 Å². The van der Waals surface area contributed by atoms with Gasteiger partial charge in [-0.25, -0.2) is 4.79 Å². The van der Waals surface area contributed by atoms with Crippen molar-refractivity contribution in [2.45, 2.75) is 0 Å². The Labute approximate surface area is 163 Å². The Kier molecular flexibility index (Phi) is 7.20. The van der Waals surface area contributed by atoms with Gasteiger partial charge in [0.1, 0.15) is 5.75 Å². The Morgan fingerprint density at radius 2 is 1.52 bits per heavy atom. The van der Waals surface area contributed by atoms with Crippen molar-refractivity contribution >= 4 is 64.0 Å². The lowest BCUT2D eigenvalue weighted by Crippen LogP contribution is -2.23. The van der Waals surface area contributed by atoms with Crippen LogP contribution in [0.1, 0.15) is 0 Å². The number of nitrogens with one attached hydrogen (secondary N) is 1. The predicted octanol–water partition coefficient (Wildman–Crippen LogP) is 4.86. The molecule has 0 heterocycles. The molecular weight excluding hydrogens is 412 g/mol. The minimum Gasteiger partial charge on any atom is -0.480 e. The molecule has 0 saturated heterocycles. The lowest BCUT2D eigenvalue weighted by Gasteiger charge is -2.10. The van der Waals surface area contributed by atoms with Crippen molar-refractivity contribution in [3.8, 4) is 5.75 Å². The average Bonchev–Trinajstić information content (AvgIpc) is 2.55. The Bertz CT molecular complexity index is 798. The van der Waals surface area contributed by atoms with Crippen LogP contribution in [0.4, 0.5) is 5.69 Å². The highest BCUT2D eigenvalue weighted by Crippen LogP contribution is 2.27. The molecule has 5 nitrogen and oxygen atoms in total. The van der Waals surface area contributed by atoms with Gasteiger partial charge in [0, 0.05) is 10.0 Å². The van der Waals surface area contributed by atoms with E-state index >= 15 is 0 Å². The number of anilines is 1. The Balaban J connectivity index is 1.78. The molecular formula is C16H11Cl4NO4. The summed E-state index contributed by atoms with van der Waals surface area (Å²) in [6.07, 6.45) is 0. The SMILES string of the molecule is O=C(COC(=O)COc1ccc(Cl)cc1Cl)Nc1ccc(Cl)cc1Cl. The van der Waals surface area contributed by atoms with Crippen LogP contribution in [0.25, 0.3) is 0 Å². The number of amides is 1. The van der Waals surface area contributed by atoms with Crippen LogP contribution >= 0.6 is 46.4 Å². The zero-order valence-corrected chi connectivity index (χ0v) is 15.5. The number of ether oxygens (including phenoxy) is 2. The van der Waals surface area contributed by atoms with Crippen LogP contribution in [-0.2, 0) is 14.3 Å². The number of halogens is 4. The summed E-state index contributed by atoms with van der Waals surface area (Å²) in [5.74, 6) is -1.01. The molecule has 0 fully saturated rings. The van der Waals surface area contributed by atoms with Gasteiger partial charge >= 0.3 is 5.97 Å². The molecule has 1 N–H and O–H groups in total. The molecule has 0 bridgehead atoms. The van der Waals surface area contributed by atoms with Gasteiger partial charge in [-0.15, -0.1) is 0 Å². The lowest BCUT2D eigenvalue weighted by molar-refractivity contribution is -0.149. The average molecular weight is 423 g/mol. The molecule has 1 amide bonds. The minimum absolute atomic E-state index is 0.260. The second-order valence-corrected chi connectivity index (χ2v) is 6.38. The molecule has 2 rings (SSSR count). The Morgan fingerprint density at radius 3 is 2.16 bits per heavy atom. The second-order valence-electron chi connectivity index (χ2n) is 4.70. The van der Waals surface area contributed by atoms with Gasteiger partial charge in [0.05, 0.1) is 15.7 Å². The number of hydrogen-bond donors (Lipinski definition) is 1. The highest BCUT2D eigenvalue weighted by Gasteiger charge is 2.11. The summed E-state index contributed by atoms with van der Waals surface area (Å²) < 4.78 is 10.0. The zero-order chi connectivity index (χ0) is 18.4. The fourth-order valence-electron chi connectivity index (χ4n) is 1.69. The molecule has 0 unspecified atom stereocenters. The molecule has 0 aromatic heterocycles. The van der Waals surface area contributed by atoms with E-state index in [1.165, 1.54) is 24.3 Å². The van der Waals surface area contributed by atoms with Gasteiger partial charge in [0.2, 0.25) is 0 Å². The predicted molar refractivity (Wildman–Crippen MR) is 98.0 cm³/mol. The molecule has 0 aliphatic carbocycles. The molecule has 0 saturated carbocycles. The van der Waals surface area contributed by atoms with E-state index in [0.29, 0.717) is 15.7 Å². The van der Waals surface area contributed by atoms with Crippen molar-refractivity contribution < 1.29 is 19.1 Å². The van der Waals surface area contributed by atoms with E-state index < -0.39 is 25.1 Å². The van der Waals surface area contributed by atoms with E-state index in [-0.39, 0.29) is 15.8 Å². The number of rotatable bonds is 6. The molecule has 0 atom stereocenters. The van der Waals surface area contributed by atoms with Crippen LogP contribution in [0.15, 0.2) is 36.4 Å². The molecule has 0 radical (unpaired) electrons. The quantitative estimate of drug-likeness (QED) is 0.675. The summed E-state index contributed by atoms with van der Waals surface area (Å²) in [4.78, 5) is 23.4. The lowest BCUT2D eigenvalue weighted by atomic mass is 10.3. The normalized spacial score (nSPS) is 10.2. The maximum absolute atomic E-state index is 11.8. The van der Waals surface area contributed by atoms with Gasteiger partial charge in [-0.2, -0.15) is 0 Å². The van der Waals surface area contributed by atoms with Crippen molar-refractivity contribution in [2.24, 2.45) is 0 Å². The van der Waals surface area contributed by atoms with Crippen LogP contribution < -0.4 is 10.1 Å². The van der Waals surface area contributed by atoms with Crippen molar-refractivity contribution in [1.29, 1.82) is 0 Å². The van der Waals surface area contributed by atoms with Gasteiger partial charge in [0.15, 0.2) is 13.2 Å². The van der Waals surface area contributed by atoms with Gasteiger partial charge in [0.25, 0.3) is 5.91 Å². The summed E-state index contributed by atoms with van der Waals surface area (Å²) in [5.41, 5.74) is 0.358. The monoisotopic (exact) mass is 421 g/mol. The summed E-state index contributed by atoms with van der Waals surface area (Å²) in [6, 6.07) is 9.15. The smallest absolute Gasteiger partial charge is 0.344 e. The highest BCUT2D eigenvalue weighted by atomic mass is 35.5. The standard InChI is InChI=1S/C16H11Cl4NO4/c17-9-1-3-13(11(19)5-9)21-15(22)7-25-16(23)8-24-14-4-2-10(18)6-12(14)20/h1-6H,7-8H2,(H,21,22). The number of carbonyl (C=O) groups excluding carboxylic acids is 2. The molecule has 0 aliphatic heterocycles. The van der Waals surface area contributed by atoms with Crippen molar-refractivity contribution in [1.82, 2.24) is 0 Å². The van der Waals surface area contributed by atoms with Crippen molar-refractivity contribution in [3.63, 3.8) is 0 Å². The zero-order valence-electron chi connectivity index (χ0n) is 12.5. The van der Waals surface area contributed by atoms with Gasteiger partial charge in [-0.05, 0) is 36.4 Å². The van der Waals surface area contributed by atoms with Crippen LogP contribution in [0, 0.1) is 0 Å². The number of esters is 1. The van der Waals surface area contributed by atoms with E-state index in [0.717, 1.165) is 0 Å². The van der Waals surface area contributed by atoms with Crippen LogP contribution in [0.3, 0.4) is 0 Å². The van der Waals surface area contributed by atoms with Crippen LogP contribution in [-0.4, -0.2) is 25.1 Å². The third-order valence-corrected chi connectivity index (χ3v) is 3.89. The van der Waals surface area contributed by atoms with Gasteiger partial charge in [-0.3, -0.25) is 4.79 Å². The first kappa shape index (κ1) is 19.7. The maximum Gasteiger partial charge on any atom is 0.344 e. The Hall–Kier alpha value is -1.66. The molecule has 132 valence electrons. The number of hydrogen-bond acceptors (Lipinski definition) is 4. The fraction of sp³-hybridized carbons (Fsp3) is 0.125. The summed E-state index contributed by atoms with van der Waals surface area (Å²) in [7, 11) is 0. The molecule has 25 heavy (non-hydrogen) atoms. The third kappa shape index (κ3) is 6.29. The molecule has 2 aromatic rings. The molecule has 2 aromatic carbocycles.